The van der Waals surface area contributed by atoms with Crippen molar-refractivity contribution < 1.29 is 9.53 Å². The molecule has 0 aliphatic carbocycles. The molecule has 30 heavy (non-hydrogen) atoms. The fourth-order valence-corrected chi connectivity index (χ4v) is 4.95. The third-order valence-corrected chi connectivity index (χ3v) is 6.55. The van der Waals surface area contributed by atoms with E-state index >= 15 is 0 Å². The van der Waals surface area contributed by atoms with E-state index in [1.807, 2.05) is 49.4 Å². The number of nitrogens with zero attached hydrogens (tertiary/aromatic N) is 2. The first-order valence-electron chi connectivity index (χ1n) is 9.78. The van der Waals surface area contributed by atoms with Crippen molar-refractivity contribution >= 4 is 62.8 Å². The molecule has 0 N–H and O–H groups in total. The van der Waals surface area contributed by atoms with Crippen LogP contribution in [0.3, 0.4) is 0 Å². The molecular weight excluding hydrogens is 436 g/mol. The van der Waals surface area contributed by atoms with Gasteiger partial charge in [-0.25, -0.2) is 0 Å². The van der Waals surface area contributed by atoms with Gasteiger partial charge < -0.3 is 9.30 Å². The molecule has 1 amide bonds. The Kier molecular flexibility index (Phi) is 6.46. The van der Waals surface area contributed by atoms with Crippen molar-refractivity contribution in [2.75, 3.05) is 13.2 Å². The van der Waals surface area contributed by atoms with Gasteiger partial charge in [0.1, 0.15) is 10.1 Å². The average molecular weight is 457 g/mol. The summed E-state index contributed by atoms with van der Waals surface area (Å²) in [6.45, 7) is 3.96. The molecule has 0 bridgehead atoms. The zero-order valence-corrected chi connectivity index (χ0v) is 18.9. The number of benzene rings is 2. The molecule has 1 aromatic heterocycles. The number of carbonyl (C=O) groups excluding carboxylic acids is 1. The standard InChI is InChI=1S/C23H21ClN2O2S2/c1-2-26-22(27)21(30-23(26)29)14-16-15-25(20-7-4-3-6-19(16)20)12-5-13-28-18-10-8-17(24)9-11-18/h3-4,6-11,14-15H,2,5,12-13H2,1H3. The molecule has 2 heterocycles. The molecule has 3 aromatic rings. The summed E-state index contributed by atoms with van der Waals surface area (Å²) >= 11 is 12.6. The molecule has 4 nitrogen and oxygen atoms in total. The number of thioether (sulfide) groups is 1. The molecule has 0 radical (unpaired) electrons. The largest absolute Gasteiger partial charge is 0.494 e. The van der Waals surface area contributed by atoms with Crippen LogP contribution in [0.4, 0.5) is 0 Å². The van der Waals surface area contributed by atoms with Crippen LogP contribution in [-0.4, -0.2) is 32.8 Å². The lowest BCUT2D eigenvalue weighted by Gasteiger charge is -2.09. The van der Waals surface area contributed by atoms with Gasteiger partial charge >= 0.3 is 0 Å². The van der Waals surface area contributed by atoms with Crippen molar-refractivity contribution in [1.29, 1.82) is 0 Å². The smallest absolute Gasteiger partial charge is 0.266 e. The fourth-order valence-electron chi connectivity index (χ4n) is 3.44. The highest BCUT2D eigenvalue weighted by molar-refractivity contribution is 8.26. The number of amides is 1. The van der Waals surface area contributed by atoms with E-state index in [2.05, 4.69) is 22.9 Å². The zero-order valence-electron chi connectivity index (χ0n) is 16.5. The second-order valence-electron chi connectivity index (χ2n) is 6.88. The number of para-hydroxylation sites is 1. The first-order valence-corrected chi connectivity index (χ1v) is 11.4. The van der Waals surface area contributed by atoms with Crippen LogP contribution >= 0.6 is 35.6 Å². The van der Waals surface area contributed by atoms with Crippen molar-refractivity contribution in [3.05, 3.63) is 70.2 Å². The van der Waals surface area contributed by atoms with Crippen molar-refractivity contribution in [2.24, 2.45) is 0 Å². The predicted molar refractivity (Wildman–Crippen MR) is 129 cm³/mol. The number of hydrogen-bond donors (Lipinski definition) is 0. The normalized spacial score (nSPS) is 15.5. The Hall–Kier alpha value is -2.28. The van der Waals surface area contributed by atoms with Gasteiger partial charge in [0.05, 0.1) is 11.5 Å². The minimum Gasteiger partial charge on any atom is -0.494 e. The van der Waals surface area contributed by atoms with Crippen LogP contribution in [0.5, 0.6) is 5.75 Å². The third-order valence-electron chi connectivity index (χ3n) is 4.92. The van der Waals surface area contributed by atoms with E-state index < -0.39 is 0 Å². The van der Waals surface area contributed by atoms with Crippen molar-refractivity contribution in [2.45, 2.75) is 19.9 Å². The molecule has 1 aliphatic heterocycles. The molecule has 0 unspecified atom stereocenters. The lowest BCUT2D eigenvalue weighted by atomic mass is 10.1. The van der Waals surface area contributed by atoms with Gasteiger partial charge in [0, 0.05) is 40.8 Å². The summed E-state index contributed by atoms with van der Waals surface area (Å²) in [7, 11) is 0. The maximum absolute atomic E-state index is 12.6. The molecular formula is C23H21ClN2O2S2. The van der Waals surface area contributed by atoms with Gasteiger partial charge in [-0.05, 0) is 49.8 Å². The van der Waals surface area contributed by atoms with Crippen LogP contribution in [0.2, 0.25) is 5.02 Å². The lowest BCUT2D eigenvalue weighted by molar-refractivity contribution is -0.121. The Morgan fingerprint density at radius 3 is 2.67 bits per heavy atom. The number of fused-ring (bicyclic) bond motifs is 1. The molecule has 1 aliphatic rings. The fraction of sp³-hybridized carbons (Fsp3) is 0.217. The summed E-state index contributed by atoms with van der Waals surface area (Å²) in [5.74, 6) is 0.802. The molecule has 7 heteroatoms. The minimum absolute atomic E-state index is 0.0132. The van der Waals surface area contributed by atoms with Gasteiger partial charge in [0.15, 0.2) is 0 Å². The van der Waals surface area contributed by atoms with E-state index in [1.165, 1.54) is 11.8 Å². The number of hydrogen-bond acceptors (Lipinski definition) is 4. The molecule has 1 saturated heterocycles. The SMILES string of the molecule is CCN1C(=O)C(=Cc2cn(CCCOc3ccc(Cl)cc3)c3ccccc23)SC1=S. The molecule has 2 aromatic carbocycles. The Morgan fingerprint density at radius 1 is 1.17 bits per heavy atom. The third kappa shape index (κ3) is 4.41. The topological polar surface area (TPSA) is 34.5 Å². The number of thiocarbonyl (C=S) groups is 1. The molecule has 0 saturated carbocycles. The van der Waals surface area contributed by atoms with E-state index in [9.17, 15) is 4.79 Å². The minimum atomic E-state index is -0.0132. The van der Waals surface area contributed by atoms with Crippen LogP contribution in [0.25, 0.3) is 17.0 Å². The number of aryl methyl sites for hydroxylation is 1. The number of ether oxygens (including phenoxy) is 1. The molecule has 1 fully saturated rings. The van der Waals surface area contributed by atoms with Crippen LogP contribution in [0.1, 0.15) is 18.9 Å². The summed E-state index contributed by atoms with van der Waals surface area (Å²) < 4.78 is 8.64. The Labute approximate surface area is 190 Å². The van der Waals surface area contributed by atoms with Crippen LogP contribution in [-0.2, 0) is 11.3 Å². The van der Waals surface area contributed by atoms with Gasteiger partial charge in [-0.3, -0.25) is 9.69 Å². The highest BCUT2D eigenvalue weighted by Crippen LogP contribution is 2.34. The quantitative estimate of drug-likeness (QED) is 0.248. The van der Waals surface area contributed by atoms with Crippen LogP contribution in [0.15, 0.2) is 59.6 Å². The van der Waals surface area contributed by atoms with Crippen molar-refractivity contribution in [1.82, 2.24) is 9.47 Å². The van der Waals surface area contributed by atoms with E-state index in [1.54, 1.807) is 4.90 Å². The summed E-state index contributed by atoms with van der Waals surface area (Å²) in [4.78, 5) is 14.9. The molecule has 154 valence electrons. The van der Waals surface area contributed by atoms with Gasteiger partial charge in [-0.2, -0.15) is 0 Å². The highest BCUT2D eigenvalue weighted by atomic mass is 35.5. The van der Waals surface area contributed by atoms with E-state index in [0.717, 1.165) is 35.2 Å². The van der Waals surface area contributed by atoms with Crippen LogP contribution < -0.4 is 4.74 Å². The van der Waals surface area contributed by atoms with Crippen molar-refractivity contribution in [3.8, 4) is 5.75 Å². The number of halogens is 1. The molecule has 4 rings (SSSR count). The number of likely N-dealkylation sites (N-methyl/N-ethyl adjacent to an activating group) is 1. The molecule has 0 spiro atoms. The summed E-state index contributed by atoms with van der Waals surface area (Å²) in [6, 6.07) is 15.6. The highest BCUT2D eigenvalue weighted by Gasteiger charge is 2.30. The Bertz CT molecular complexity index is 1120. The summed E-state index contributed by atoms with van der Waals surface area (Å²) in [6.07, 6.45) is 4.92. The first kappa shape index (κ1) is 21.0. The van der Waals surface area contributed by atoms with Gasteiger partial charge in [0.2, 0.25) is 0 Å². The number of carbonyl (C=O) groups is 1. The predicted octanol–water partition coefficient (Wildman–Crippen LogP) is 5.98. The lowest BCUT2D eigenvalue weighted by Crippen LogP contribution is -2.27. The van der Waals surface area contributed by atoms with E-state index in [4.69, 9.17) is 28.6 Å². The van der Waals surface area contributed by atoms with Crippen LogP contribution in [0, 0.1) is 0 Å². The van der Waals surface area contributed by atoms with Gasteiger partial charge in [-0.1, -0.05) is 53.8 Å². The second kappa shape index (κ2) is 9.25. The summed E-state index contributed by atoms with van der Waals surface area (Å²) in [5.41, 5.74) is 2.17. The number of rotatable bonds is 7. The zero-order chi connectivity index (χ0) is 21.1. The summed E-state index contributed by atoms with van der Waals surface area (Å²) in [5, 5.41) is 1.82. The Balaban J connectivity index is 1.50. The second-order valence-corrected chi connectivity index (χ2v) is 8.99. The molecule has 0 atom stereocenters. The number of aromatic nitrogens is 1. The Morgan fingerprint density at radius 2 is 1.93 bits per heavy atom. The first-order chi connectivity index (χ1) is 14.6. The van der Waals surface area contributed by atoms with Gasteiger partial charge in [0.25, 0.3) is 5.91 Å². The average Bonchev–Trinajstić information content (AvgIpc) is 3.23. The van der Waals surface area contributed by atoms with Gasteiger partial charge in [-0.15, -0.1) is 0 Å². The maximum Gasteiger partial charge on any atom is 0.266 e. The van der Waals surface area contributed by atoms with E-state index in [0.29, 0.717) is 27.4 Å². The maximum atomic E-state index is 12.6. The van der Waals surface area contributed by atoms with E-state index in [-0.39, 0.29) is 5.91 Å². The monoisotopic (exact) mass is 456 g/mol. The van der Waals surface area contributed by atoms with Crippen molar-refractivity contribution in [3.63, 3.8) is 0 Å².